The molecule has 2 N–H and O–H groups in total. The Labute approximate surface area is 125 Å². The minimum absolute atomic E-state index is 0.855. The highest BCUT2D eigenvalue weighted by Crippen LogP contribution is 2.30. The van der Waals surface area contributed by atoms with Crippen molar-refractivity contribution in [2.24, 2.45) is 11.7 Å². The van der Waals surface area contributed by atoms with Crippen LogP contribution in [0.1, 0.15) is 58.3 Å². The molecule has 0 bridgehead atoms. The van der Waals surface area contributed by atoms with Crippen LogP contribution in [0.5, 0.6) is 0 Å². The lowest BCUT2D eigenvalue weighted by Crippen LogP contribution is -2.51. The highest BCUT2D eigenvalue weighted by atomic mass is 15.3. The van der Waals surface area contributed by atoms with E-state index >= 15 is 0 Å². The highest BCUT2D eigenvalue weighted by molar-refractivity contribution is 4.83. The molecule has 1 aliphatic carbocycles. The van der Waals surface area contributed by atoms with E-state index in [1.807, 2.05) is 0 Å². The lowest BCUT2D eigenvalue weighted by Gasteiger charge is -2.42. The van der Waals surface area contributed by atoms with Gasteiger partial charge in [-0.1, -0.05) is 32.6 Å². The molecule has 2 unspecified atom stereocenters. The lowest BCUT2D eigenvalue weighted by molar-refractivity contribution is 0.0656. The molecule has 0 aromatic heterocycles. The van der Waals surface area contributed by atoms with Gasteiger partial charge in [-0.25, -0.2) is 0 Å². The Bertz CT molecular complexity index is 249. The second-order valence-electron chi connectivity index (χ2n) is 6.82. The van der Waals surface area contributed by atoms with Crippen molar-refractivity contribution in [2.45, 2.75) is 64.3 Å². The van der Waals surface area contributed by atoms with Crippen molar-refractivity contribution in [2.75, 3.05) is 39.3 Å². The van der Waals surface area contributed by atoms with Gasteiger partial charge in [-0.15, -0.1) is 0 Å². The molecule has 2 rings (SSSR count). The first kappa shape index (κ1) is 16.3. The summed E-state index contributed by atoms with van der Waals surface area (Å²) >= 11 is 0. The Morgan fingerprint density at radius 2 is 1.80 bits per heavy atom. The van der Waals surface area contributed by atoms with Crippen LogP contribution in [0.15, 0.2) is 0 Å². The SMILES string of the molecule is CCC1CCCC(N2CCN(CCCCCN)CC2)C1. The van der Waals surface area contributed by atoms with E-state index in [0.717, 1.165) is 18.5 Å². The van der Waals surface area contributed by atoms with Crippen molar-refractivity contribution in [3.63, 3.8) is 0 Å². The summed E-state index contributed by atoms with van der Waals surface area (Å²) in [6.45, 7) is 9.69. The van der Waals surface area contributed by atoms with Gasteiger partial charge < -0.3 is 10.6 Å². The number of hydrogen-bond acceptors (Lipinski definition) is 3. The third kappa shape index (κ3) is 5.01. The summed E-state index contributed by atoms with van der Waals surface area (Å²) in [5.41, 5.74) is 5.55. The number of nitrogens with two attached hydrogens (primary N) is 1. The first-order valence-electron chi connectivity index (χ1n) is 9.00. The van der Waals surface area contributed by atoms with Crippen LogP contribution in [-0.4, -0.2) is 55.1 Å². The van der Waals surface area contributed by atoms with E-state index in [0.29, 0.717) is 0 Å². The molecule has 1 aliphatic heterocycles. The lowest BCUT2D eigenvalue weighted by atomic mass is 9.83. The molecule has 3 heteroatoms. The summed E-state index contributed by atoms with van der Waals surface area (Å²) in [7, 11) is 0. The Morgan fingerprint density at radius 3 is 2.50 bits per heavy atom. The van der Waals surface area contributed by atoms with Crippen LogP contribution in [-0.2, 0) is 0 Å². The van der Waals surface area contributed by atoms with Gasteiger partial charge in [0.1, 0.15) is 0 Å². The summed E-state index contributed by atoms with van der Waals surface area (Å²) in [5, 5.41) is 0. The molecule has 0 aromatic carbocycles. The molecule has 2 fully saturated rings. The van der Waals surface area contributed by atoms with Crippen LogP contribution in [0.2, 0.25) is 0 Å². The third-order valence-electron chi connectivity index (χ3n) is 5.43. The van der Waals surface area contributed by atoms with Crippen LogP contribution in [0, 0.1) is 5.92 Å². The molecule has 0 radical (unpaired) electrons. The second-order valence-corrected chi connectivity index (χ2v) is 6.82. The van der Waals surface area contributed by atoms with Crippen LogP contribution in [0.3, 0.4) is 0 Å². The van der Waals surface area contributed by atoms with Crippen LogP contribution in [0.25, 0.3) is 0 Å². The van der Waals surface area contributed by atoms with Crippen molar-refractivity contribution in [3.8, 4) is 0 Å². The number of piperazine rings is 1. The fourth-order valence-electron chi connectivity index (χ4n) is 3.97. The van der Waals surface area contributed by atoms with Gasteiger partial charge in [0.15, 0.2) is 0 Å². The summed E-state index contributed by atoms with van der Waals surface area (Å²) in [6, 6.07) is 0.896. The molecule has 2 aliphatic rings. The Hall–Kier alpha value is -0.120. The zero-order valence-corrected chi connectivity index (χ0v) is 13.5. The summed E-state index contributed by atoms with van der Waals surface area (Å²) in [5.74, 6) is 1.00. The maximum atomic E-state index is 5.55. The van der Waals surface area contributed by atoms with E-state index in [2.05, 4.69) is 16.7 Å². The summed E-state index contributed by atoms with van der Waals surface area (Å²) in [6.07, 6.45) is 11.1. The standard InChI is InChI=1S/C17H35N3/c1-2-16-7-6-8-17(15-16)20-13-11-19(12-14-20)10-5-3-4-9-18/h16-17H,2-15,18H2,1H3. The van der Waals surface area contributed by atoms with E-state index in [1.54, 1.807) is 0 Å². The predicted molar refractivity (Wildman–Crippen MR) is 87.0 cm³/mol. The quantitative estimate of drug-likeness (QED) is 0.728. The average Bonchev–Trinajstić information content (AvgIpc) is 2.52. The molecular formula is C17H35N3. The molecule has 0 amide bonds. The maximum absolute atomic E-state index is 5.55. The predicted octanol–water partition coefficient (Wildman–Crippen LogP) is 2.70. The average molecular weight is 281 g/mol. The van der Waals surface area contributed by atoms with E-state index in [9.17, 15) is 0 Å². The van der Waals surface area contributed by atoms with Crippen molar-refractivity contribution >= 4 is 0 Å². The smallest absolute Gasteiger partial charge is 0.0113 e. The summed E-state index contributed by atoms with van der Waals surface area (Å²) < 4.78 is 0. The van der Waals surface area contributed by atoms with Gasteiger partial charge in [0, 0.05) is 32.2 Å². The van der Waals surface area contributed by atoms with E-state index < -0.39 is 0 Å². The molecule has 20 heavy (non-hydrogen) atoms. The molecule has 0 spiro atoms. The molecule has 3 nitrogen and oxygen atoms in total. The number of hydrogen-bond donors (Lipinski definition) is 1. The fourth-order valence-corrected chi connectivity index (χ4v) is 3.97. The molecular weight excluding hydrogens is 246 g/mol. The largest absolute Gasteiger partial charge is 0.330 e. The topological polar surface area (TPSA) is 32.5 Å². The van der Waals surface area contributed by atoms with Crippen molar-refractivity contribution in [1.29, 1.82) is 0 Å². The molecule has 1 heterocycles. The highest BCUT2D eigenvalue weighted by Gasteiger charge is 2.28. The van der Waals surface area contributed by atoms with E-state index in [4.69, 9.17) is 5.73 Å². The van der Waals surface area contributed by atoms with Crippen LogP contribution < -0.4 is 5.73 Å². The molecule has 118 valence electrons. The molecule has 0 aromatic rings. The molecule has 2 atom stereocenters. The van der Waals surface area contributed by atoms with Gasteiger partial charge in [-0.05, 0) is 44.7 Å². The van der Waals surface area contributed by atoms with Gasteiger partial charge in [0.05, 0.1) is 0 Å². The Balaban J connectivity index is 1.63. The minimum Gasteiger partial charge on any atom is -0.330 e. The zero-order valence-electron chi connectivity index (χ0n) is 13.5. The number of rotatable bonds is 7. The fraction of sp³-hybridized carbons (Fsp3) is 1.00. The van der Waals surface area contributed by atoms with Crippen molar-refractivity contribution in [1.82, 2.24) is 9.80 Å². The number of unbranched alkanes of at least 4 members (excludes halogenated alkanes) is 2. The van der Waals surface area contributed by atoms with Crippen molar-refractivity contribution < 1.29 is 0 Å². The van der Waals surface area contributed by atoms with Gasteiger partial charge in [-0.3, -0.25) is 4.90 Å². The van der Waals surface area contributed by atoms with Crippen LogP contribution in [0.4, 0.5) is 0 Å². The van der Waals surface area contributed by atoms with Gasteiger partial charge >= 0.3 is 0 Å². The maximum Gasteiger partial charge on any atom is 0.0113 e. The Kier molecular flexibility index (Phi) is 7.32. The minimum atomic E-state index is 0.855. The number of nitrogens with zero attached hydrogens (tertiary/aromatic N) is 2. The monoisotopic (exact) mass is 281 g/mol. The normalized spacial score (nSPS) is 29.7. The molecule has 1 saturated heterocycles. The van der Waals surface area contributed by atoms with Crippen molar-refractivity contribution in [3.05, 3.63) is 0 Å². The van der Waals surface area contributed by atoms with Gasteiger partial charge in [0.2, 0.25) is 0 Å². The zero-order chi connectivity index (χ0) is 14.2. The summed E-state index contributed by atoms with van der Waals surface area (Å²) in [4.78, 5) is 5.45. The van der Waals surface area contributed by atoms with Crippen LogP contribution >= 0.6 is 0 Å². The third-order valence-corrected chi connectivity index (χ3v) is 5.43. The van der Waals surface area contributed by atoms with E-state index in [-0.39, 0.29) is 0 Å². The second kappa shape index (κ2) is 9.01. The Morgan fingerprint density at radius 1 is 1.00 bits per heavy atom. The van der Waals surface area contributed by atoms with Gasteiger partial charge in [0.25, 0.3) is 0 Å². The first-order valence-corrected chi connectivity index (χ1v) is 9.00. The first-order chi connectivity index (χ1) is 9.83. The van der Waals surface area contributed by atoms with Gasteiger partial charge in [-0.2, -0.15) is 0 Å². The molecule has 1 saturated carbocycles. The van der Waals surface area contributed by atoms with E-state index in [1.165, 1.54) is 84.1 Å².